The van der Waals surface area contributed by atoms with Crippen LogP contribution in [0.2, 0.25) is 0 Å². The van der Waals surface area contributed by atoms with E-state index in [0.717, 1.165) is 29.8 Å². The van der Waals surface area contributed by atoms with Crippen molar-refractivity contribution in [3.05, 3.63) is 76.4 Å². The topological polar surface area (TPSA) is 91.0 Å². The highest BCUT2D eigenvalue weighted by Crippen LogP contribution is 2.24. The molecule has 8 heteroatoms. The third-order valence-corrected chi connectivity index (χ3v) is 7.23. The molecule has 2 N–H and O–H groups in total. The molecule has 1 fully saturated rings. The Morgan fingerprint density at radius 2 is 2.00 bits per heavy atom. The standard InChI is InChI=1S/C26H27N5O2S/c1-17-7-9-22-21(13-17)19(15-27-22)11-12-31-16-20(14-24(31)32)25(33)28-26-30-29-23(34-26)10-8-18-5-3-2-4-6-18/h2-7,9,13,15,20,27H,8,10-12,14,16H2,1H3,(H,28,30,33)/t20-/m0/s1. The quantitative estimate of drug-likeness (QED) is 0.402. The molecule has 0 bridgehead atoms. The highest BCUT2D eigenvalue weighted by molar-refractivity contribution is 7.15. The van der Waals surface area contributed by atoms with Crippen LogP contribution in [0.5, 0.6) is 0 Å². The normalized spacial score (nSPS) is 15.9. The minimum atomic E-state index is -0.366. The predicted molar refractivity (Wildman–Crippen MR) is 134 cm³/mol. The number of H-pyrrole nitrogens is 1. The van der Waals surface area contributed by atoms with Gasteiger partial charge in [-0.25, -0.2) is 0 Å². The first kappa shape index (κ1) is 22.3. The lowest BCUT2D eigenvalue weighted by atomic mass is 10.1. The fraction of sp³-hybridized carbons (Fsp3) is 0.308. The number of nitrogens with one attached hydrogen (secondary N) is 2. The van der Waals surface area contributed by atoms with E-state index in [4.69, 9.17) is 0 Å². The maximum absolute atomic E-state index is 12.8. The fourth-order valence-corrected chi connectivity index (χ4v) is 5.17. The number of anilines is 1. The minimum Gasteiger partial charge on any atom is -0.361 e. The number of amides is 2. The molecule has 5 rings (SSSR count). The van der Waals surface area contributed by atoms with Crippen LogP contribution in [0.1, 0.15) is 28.1 Å². The van der Waals surface area contributed by atoms with Crippen LogP contribution >= 0.6 is 11.3 Å². The van der Waals surface area contributed by atoms with Crippen LogP contribution < -0.4 is 5.32 Å². The van der Waals surface area contributed by atoms with Gasteiger partial charge < -0.3 is 15.2 Å². The lowest BCUT2D eigenvalue weighted by molar-refractivity contribution is -0.128. The van der Waals surface area contributed by atoms with E-state index in [-0.39, 0.29) is 24.2 Å². The number of hydrogen-bond donors (Lipinski definition) is 2. The minimum absolute atomic E-state index is 0.0250. The van der Waals surface area contributed by atoms with E-state index in [2.05, 4.69) is 57.8 Å². The van der Waals surface area contributed by atoms with Gasteiger partial charge in [0.1, 0.15) is 5.01 Å². The molecule has 3 heterocycles. The van der Waals surface area contributed by atoms with Crippen molar-refractivity contribution in [2.24, 2.45) is 5.92 Å². The van der Waals surface area contributed by atoms with E-state index < -0.39 is 0 Å². The number of aromatic nitrogens is 3. The summed E-state index contributed by atoms with van der Waals surface area (Å²) < 4.78 is 0. The molecule has 1 atom stereocenters. The Kier molecular flexibility index (Phi) is 6.40. The number of carbonyl (C=O) groups is 2. The van der Waals surface area contributed by atoms with E-state index in [0.29, 0.717) is 18.2 Å². The van der Waals surface area contributed by atoms with Crippen molar-refractivity contribution < 1.29 is 9.59 Å². The third-order valence-electron chi connectivity index (χ3n) is 6.33. The fourth-order valence-electron chi connectivity index (χ4n) is 4.43. The summed E-state index contributed by atoms with van der Waals surface area (Å²) in [6, 6.07) is 16.6. The zero-order chi connectivity index (χ0) is 23.5. The van der Waals surface area contributed by atoms with Gasteiger partial charge in [-0.15, -0.1) is 10.2 Å². The average molecular weight is 474 g/mol. The summed E-state index contributed by atoms with van der Waals surface area (Å²) in [7, 11) is 0. The lowest BCUT2D eigenvalue weighted by Crippen LogP contribution is -2.30. The number of fused-ring (bicyclic) bond motifs is 1. The monoisotopic (exact) mass is 473 g/mol. The van der Waals surface area contributed by atoms with E-state index in [1.54, 1.807) is 4.90 Å². The molecular weight excluding hydrogens is 446 g/mol. The van der Waals surface area contributed by atoms with E-state index in [9.17, 15) is 9.59 Å². The van der Waals surface area contributed by atoms with E-state index in [1.165, 1.54) is 33.4 Å². The Morgan fingerprint density at radius 3 is 2.85 bits per heavy atom. The first-order valence-electron chi connectivity index (χ1n) is 11.6. The van der Waals surface area contributed by atoms with Crippen molar-refractivity contribution in [1.82, 2.24) is 20.1 Å². The van der Waals surface area contributed by atoms with Crippen LogP contribution in [0.3, 0.4) is 0 Å². The van der Waals surface area contributed by atoms with Crippen molar-refractivity contribution >= 4 is 39.2 Å². The van der Waals surface area contributed by atoms with Gasteiger partial charge in [0.25, 0.3) is 0 Å². The molecule has 4 aromatic rings. The summed E-state index contributed by atoms with van der Waals surface area (Å²) in [5.74, 6) is -0.504. The molecular formula is C26H27N5O2S. The summed E-state index contributed by atoms with van der Waals surface area (Å²) >= 11 is 1.40. The molecule has 1 aliphatic heterocycles. The molecule has 0 radical (unpaired) electrons. The Bertz CT molecular complexity index is 1310. The molecule has 1 aliphatic rings. The SMILES string of the molecule is Cc1ccc2[nH]cc(CCN3C[C@@H](C(=O)Nc4nnc(CCc5ccccc5)s4)CC3=O)c2c1. The zero-order valence-corrected chi connectivity index (χ0v) is 19.9. The van der Waals surface area contributed by atoms with Gasteiger partial charge in [-0.1, -0.05) is 53.3 Å². The number of benzene rings is 2. The summed E-state index contributed by atoms with van der Waals surface area (Å²) in [6.45, 7) is 3.12. The van der Waals surface area contributed by atoms with Crippen LogP contribution in [-0.4, -0.2) is 45.0 Å². The van der Waals surface area contributed by atoms with Crippen LogP contribution in [0.4, 0.5) is 5.13 Å². The molecule has 2 amide bonds. The Labute approximate surface area is 202 Å². The van der Waals surface area contributed by atoms with Gasteiger partial charge in [0.05, 0.1) is 5.92 Å². The van der Waals surface area contributed by atoms with Gasteiger partial charge in [-0.3, -0.25) is 9.59 Å². The maximum Gasteiger partial charge on any atom is 0.231 e. The number of nitrogens with zero attached hydrogens (tertiary/aromatic N) is 3. The van der Waals surface area contributed by atoms with Crippen LogP contribution in [0.15, 0.2) is 54.7 Å². The molecule has 174 valence electrons. The maximum atomic E-state index is 12.8. The van der Waals surface area contributed by atoms with Crippen molar-refractivity contribution in [2.45, 2.75) is 32.6 Å². The average Bonchev–Trinajstić information content (AvgIpc) is 3.55. The van der Waals surface area contributed by atoms with Gasteiger partial charge >= 0.3 is 0 Å². The number of rotatable bonds is 8. The Hall–Kier alpha value is -3.52. The smallest absolute Gasteiger partial charge is 0.231 e. The molecule has 0 unspecified atom stereocenters. The number of hydrogen-bond acceptors (Lipinski definition) is 5. The summed E-state index contributed by atoms with van der Waals surface area (Å²) in [5, 5.41) is 13.8. The van der Waals surface area contributed by atoms with Gasteiger partial charge in [-0.05, 0) is 43.0 Å². The molecule has 1 saturated heterocycles. The van der Waals surface area contributed by atoms with E-state index in [1.807, 2.05) is 24.4 Å². The van der Waals surface area contributed by atoms with Crippen molar-refractivity contribution in [3.8, 4) is 0 Å². The first-order valence-corrected chi connectivity index (χ1v) is 12.4. The highest BCUT2D eigenvalue weighted by atomic mass is 32.1. The first-order chi connectivity index (χ1) is 16.5. The van der Waals surface area contributed by atoms with Crippen molar-refractivity contribution in [3.63, 3.8) is 0 Å². The Morgan fingerprint density at radius 1 is 1.15 bits per heavy atom. The molecule has 0 spiro atoms. The number of aryl methyl sites for hydroxylation is 3. The van der Waals surface area contributed by atoms with Crippen molar-refractivity contribution in [1.29, 1.82) is 0 Å². The molecule has 2 aromatic heterocycles. The number of carbonyl (C=O) groups excluding carboxylic acids is 2. The van der Waals surface area contributed by atoms with E-state index >= 15 is 0 Å². The van der Waals surface area contributed by atoms with Gasteiger partial charge in [0.15, 0.2) is 0 Å². The van der Waals surface area contributed by atoms with Gasteiger partial charge in [0, 0.05) is 43.0 Å². The zero-order valence-electron chi connectivity index (χ0n) is 19.1. The van der Waals surface area contributed by atoms with Crippen LogP contribution in [0, 0.1) is 12.8 Å². The molecule has 0 saturated carbocycles. The van der Waals surface area contributed by atoms with Crippen LogP contribution in [0.25, 0.3) is 10.9 Å². The summed E-state index contributed by atoms with van der Waals surface area (Å²) in [5.41, 5.74) is 4.75. The Balaban J connectivity index is 1.13. The molecule has 7 nitrogen and oxygen atoms in total. The number of likely N-dealkylation sites (tertiary alicyclic amines) is 1. The van der Waals surface area contributed by atoms with Gasteiger partial charge in [-0.2, -0.15) is 0 Å². The molecule has 2 aromatic carbocycles. The largest absolute Gasteiger partial charge is 0.361 e. The second-order valence-corrected chi connectivity index (χ2v) is 9.89. The highest BCUT2D eigenvalue weighted by Gasteiger charge is 2.34. The van der Waals surface area contributed by atoms with Crippen LogP contribution in [-0.2, 0) is 28.9 Å². The van der Waals surface area contributed by atoms with Gasteiger partial charge in [0.2, 0.25) is 16.9 Å². The lowest BCUT2D eigenvalue weighted by Gasteiger charge is -2.16. The summed E-state index contributed by atoms with van der Waals surface area (Å²) in [6.07, 6.45) is 4.66. The summed E-state index contributed by atoms with van der Waals surface area (Å²) in [4.78, 5) is 30.4. The molecule has 34 heavy (non-hydrogen) atoms. The third kappa shape index (κ3) is 5.02. The molecule has 0 aliphatic carbocycles. The van der Waals surface area contributed by atoms with Crippen molar-refractivity contribution in [2.75, 3.05) is 18.4 Å². The second-order valence-electron chi connectivity index (χ2n) is 8.83. The number of aromatic amines is 1. The second kappa shape index (κ2) is 9.77. The predicted octanol–water partition coefficient (Wildman–Crippen LogP) is 4.14.